The van der Waals surface area contributed by atoms with Gasteiger partial charge in [-0.3, -0.25) is 0 Å². The van der Waals surface area contributed by atoms with E-state index in [1.807, 2.05) is 0 Å². The molecule has 0 spiro atoms. The van der Waals surface area contributed by atoms with Crippen molar-refractivity contribution in [1.29, 1.82) is 0 Å². The van der Waals surface area contributed by atoms with Gasteiger partial charge in [-0.25, -0.2) is 0 Å². The molecular formula is C18H12Br3NO. The second-order valence-electron chi connectivity index (χ2n) is 5.45. The van der Waals surface area contributed by atoms with Crippen molar-refractivity contribution in [2.24, 2.45) is 0 Å². The summed E-state index contributed by atoms with van der Waals surface area (Å²) in [4.78, 5) is 2.23. The Morgan fingerprint density at radius 1 is 0.913 bits per heavy atom. The van der Waals surface area contributed by atoms with E-state index in [1.54, 1.807) is 0 Å². The Labute approximate surface area is 159 Å². The predicted molar refractivity (Wildman–Crippen MR) is 105 cm³/mol. The molecule has 0 fully saturated rings. The van der Waals surface area contributed by atoms with Crippen LogP contribution in [0.3, 0.4) is 0 Å². The molecule has 3 aromatic carbocycles. The number of fused-ring (bicyclic) bond motifs is 3. The molecule has 5 heteroatoms. The van der Waals surface area contributed by atoms with Crippen LogP contribution in [0, 0.1) is 0 Å². The molecule has 4 rings (SSSR count). The van der Waals surface area contributed by atoms with Crippen LogP contribution in [0.2, 0.25) is 0 Å². The lowest BCUT2D eigenvalue weighted by Crippen LogP contribution is -2.32. The average Bonchev–Trinajstić information content (AvgIpc) is 2.54. The summed E-state index contributed by atoms with van der Waals surface area (Å²) < 4.78 is 9.11. The molecule has 23 heavy (non-hydrogen) atoms. The highest BCUT2D eigenvalue weighted by molar-refractivity contribution is 9.11. The van der Waals surface area contributed by atoms with E-state index in [0.29, 0.717) is 6.73 Å². The van der Waals surface area contributed by atoms with Crippen molar-refractivity contribution in [2.75, 3.05) is 11.6 Å². The third-order valence-corrected chi connectivity index (χ3v) is 5.69. The van der Waals surface area contributed by atoms with Gasteiger partial charge < -0.3 is 9.64 Å². The zero-order chi connectivity index (χ0) is 16.0. The molecule has 0 aliphatic carbocycles. The number of hydrogen-bond donors (Lipinski definition) is 0. The molecule has 0 atom stereocenters. The first kappa shape index (κ1) is 15.5. The number of halogens is 3. The van der Waals surface area contributed by atoms with Crippen LogP contribution in [0.15, 0.2) is 61.9 Å². The second kappa shape index (κ2) is 6.11. The van der Waals surface area contributed by atoms with Gasteiger partial charge in [-0.15, -0.1) is 0 Å². The van der Waals surface area contributed by atoms with Crippen LogP contribution >= 0.6 is 47.8 Å². The summed E-state index contributed by atoms with van der Waals surface area (Å²) in [5.74, 6) is 0.976. The first-order valence-corrected chi connectivity index (χ1v) is 9.54. The van der Waals surface area contributed by atoms with E-state index in [0.717, 1.165) is 31.4 Å². The fourth-order valence-electron chi connectivity index (χ4n) is 2.98. The maximum Gasteiger partial charge on any atom is 0.161 e. The molecule has 0 amide bonds. The van der Waals surface area contributed by atoms with E-state index in [1.165, 1.54) is 16.3 Å². The summed E-state index contributed by atoms with van der Waals surface area (Å²) in [6, 6.07) is 16.7. The second-order valence-corrected chi connectivity index (χ2v) is 8.08. The highest BCUT2D eigenvalue weighted by atomic mass is 79.9. The van der Waals surface area contributed by atoms with Crippen molar-refractivity contribution in [1.82, 2.24) is 0 Å². The molecule has 0 N–H and O–H groups in total. The van der Waals surface area contributed by atoms with Crippen LogP contribution in [0.5, 0.6) is 5.75 Å². The molecule has 0 unspecified atom stereocenters. The maximum absolute atomic E-state index is 6.01. The monoisotopic (exact) mass is 495 g/mol. The van der Waals surface area contributed by atoms with Crippen molar-refractivity contribution >= 4 is 64.2 Å². The largest absolute Gasteiger partial charge is 0.473 e. The molecule has 2 nitrogen and oxygen atoms in total. The lowest BCUT2D eigenvalue weighted by molar-refractivity contribution is 0.290. The Morgan fingerprint density at radius 2 is 1.65 bits per heavy atom. The van der Waals surface area contributed by atoms with Crippen LogP contribution < -0.4 is 9.64 Å². The van der Waals surface area contributed by atoms with Crippen LogP contribution in [0.1, 0.15) is 5.56 Å². The van der Waals surface area contributed by atoms with Crippen LogP contribution in [0.4, 0.5) is 5.69 Å². The zero-order valence-corrected chi connectivity index (χ0v) is 16.8. The van der Waals surface area contributed by atoms with E-state index < -0.39 is 0 Å². The molecule has 0 radical (unpaired) electrons. The van der Waals surface area contributed by atoms with Gasteiger partial charge in [-0.1, -0.05) is 46.3 Å². The van der Waals surface area contributed by atoms with E-state index in [4.69, 9.17) is 4.74 Å². The quantitative estimate of drug-likeness (QED) is 0.381. The van der Waals surface area contributed by atoms with Crippen molar-refractivity contribution in [3.8, 4) is 5.75 Å². The summed E-state index contributed by atoms with van der Waals surface area (Å²) in [5, 5.41) is 2.49. The first-order valence-electron chi connectivity index (χ1n) is 7.16. The number of hydrogen-bond acceptors (Lipinski definition) is 2. The molecular weight excluding hydrogens is 486 g/mol. The molecule has 3 aromatic rings. The molecule has 1 heterocycles. The van der Waals surface area contributed by atoms with E-state index >= 15 is 0 Å². The fraction of sp³-hybridized carbons (Fsp3) is 0.111. The summed E-state index contributed by atoms with van der Waals surface area (Å²) in [6.45, 7) is 1.35. The molecule has 1 aliphatic rings. The standard InChI is InChI=1S/C18H12Br3NO/c19-12-7-15(20)18(16(21)8-12)22-9-14-13-4-2-1-3-11(13)5-6-17(14)23-10-22/h1-8H,9-10H2. The van der Waals surface area contributed by atoms with Gasteiger partial charge in [0.05, 0.1) is 12.2 Å². The normalized spacial score (nSPS) is 13.8. The summed E-state index contributed by atoms with van der Waals surface area (Å²) in [5.41, 5.74) is 2.34. The summed E-state index contributed by atoms with van der Waals surface area (Å²) in [6.07, 6.45) is 0. The number of rotatable bonds is 1. The zero-order valence-electron chi connectivity index (χ0n) is 12.0. The Balaban J connectivity index is 1.81. The van der Waals surface area contributed by atoms with Gasteiger partial charge in [0.25, 0.3) is 0 Å². The molecule has 1 aliphatic heterocycles. The maximum atomic E-state index is 6.01. The third kappa shape index (κ3) is 2.79. The molecule has 0 aromatic heterocycles. The lowest BCUT2D eigenvalue weighted by atomic mass is 10.0. The van der Waals surface area contributed by atoms with Crippen LogP contribution in [-0.4, -0.2) is 6.73 Å². The topological polar surface area (TPSA) is 12.5 Å². The molecule has 0 saturated carbocycles. The minimum Gasteiger partial charge on any atom is -0.473 e. The van der Waals surface area contributed by atoms with Gasteiger partial charge in [0.2, 0.25) is 0 Å². The summed E-state index contributed by atoms with van der Waals surface area (Å²) in [7, 11) is 0. The Hall–Kier alpha value is -1.04. The molecule has 0 saturated heterocycles. The molecule has 0 bridgehead atoms. The van der Waals surface area contributed by atoms with Gasteiger partial charge in [-0.2, -0.15) is 0 Å². The first-order chi connectivity index (χ1) is 11.1. The van der Waals surface area contributed by atoms with Gasteiger partial charge in [0, 0.05) is 19.0 Å². The van der Waals surface area contributed by atoms with Gasteiger partial charge in [0.15, 0.2) is 6.73 Å². The predicted octanol–water partition coefficient (Wildman–Crippen LogP) is 6.48. The van der Waals surface area contributed by atoms with Crippen molar-refractivity contribution in [3.63, 3.8) is 0 Å². The smallest absolute Gasteiger partial charge is 0.161 e. The Kier molecular flexibility index (Phi) is 4.12. The average molecular weight is 498 g/mol. The lowest BCUT2D eigenvalue weighted by Gasteiger charge is -2.33. The molecule has 116 valence electrons. The minimum atomic E-state index is 0.532. The van der Waals surface area contributed by atoms with Crippen LogP contribution in [-0.2, 0) is 6.54 Å². The highest BCUT2D eigenvalue weighted by Gasteiger charge is 2.23. The number of nitrogens with zero attached hydrogens (tertiary/aromatic N) is 1. The van der Waals surface area contributed by atoms with Crippen molar-refractivity contribution in [3.05, 3.63) is 67.5 Å². The number of ether oxygens (including phenoxy) is 1. The fourth-order valence-corrected chi connectivity index (χ4v) is 5.74. The van der Waals surface area contributed by atoms with Crippen LogP contribution in [0.25, 0.3) is 10.8 Å². The Bertz CT molecular complexity index is 887. The summed E-state index contributed by atoms with van der Waals surface area (Å²) >= 11 is 10.9. The van der Waals surface area contributed by atoms with Gasteiger partial charge in [-0.05, 0) is 60.8 Å². The van der Waals surface area contributed by atoms with E-state index in [9.17, 15) is 0 Å². The minimum absolute atomic E-state index is 0.532. The highest BCUT2D eigenvalue weighted by Crippen LogP contribution is 2.41. The number of benzene rings is 3. The number of anilines is 1. The Morgan fingerprint density at radius 3 is 2.43 bits per heavy atom. The van der Waals surface area contributed by atoms with Gasteiger partial charge in [0.1, 0.15) is 5.75 Å². The van der Waals surface area contributed by atoms with E-state index in [2.05, 4.69) is 101 Å². The van der Waals surface area contributed by atoms with Crippen molar-refractivity contribution in [2.45, 2.75) is 6.54 Å². The van der Waals surface area contributed by atoms with E-state index in [-0.39, 0.29) is 0 Å². The van der Waals surface area contributed by atoms with Crippen molar-refractivity contribution < 1.29 is 4.74 Å². The SMILES string of the molecule is Brc1cc(Br)c(N2COc3ccc4ccccc4c3C2)c(Br)c1. The third-order valence-electron chi connectivity index (χ3n) is 4.02. The van der Waals surface area contributed by atoms with Gasteiger partial charge >= 0.3 is 0 Å².